The van der Waals surface area contributed by atoms with Gasteiger partial charge in [0.15, 0.2) is 0 Å². The van der Waals surface area contributed by atoms with E-state index in [1.165, 1.54) is 6.07 Å². The summed E-state index contributed by atoms with van der Waals surface area (Å²) in [5.74, 6) is -3.57. The third kappa shape index (κ3) is 6.98. The van der Waals surface area contributed by atoms with Gasteiger partial charge < -0.3 is 26.0 Å². The van der Waals surface area contributed by atoms with Gasteiger partial charge in [-0.3, -0.25) is 9.59 Å². The molecule has 2 amide bonds. The predicted molar refractivity (Wildman–Crippen MR) is 146 cm³/mol. The molecule has 5 rings (SSSR count). The van der Waals surface area contributed by atoms with Crippen LogP contribution in [0, 0.1) is 25.6 Å². The van der Waals surface area contributed by atoms with Crippen LogP contribution in [0.2, 0.25) is 0 Å². The number of halogens is 4. The van der Waals surface area contributed by atoms with Gasteiger partial charge in [0, 0.05) is 35.6 Å². The van der Waals surface area contributed by atoms with Crippen LogP contribution in [0.5, 0.6) is 0 Å². The molecule has 1 aromatic heterocycles. The van der Waals surface area contributed by atoms with E-state index in [0.29, 0.717) is 29.3 Å². The Labute approximate surface area is 235 Å². The number of rotatable bonds is 5. The van der Waals surface area contributed by atoms with Crippen LogP contribution in [0.1, 0.15) is 77.8 Å². The van der Waals surface area contributed by atoms with E-state index in [0.717, 1.165) is 61.9 Å². The molecule has 5 N–H and O–H groups in total. The minimum absolute atomic E-state index is 0.00210. The minimum Gasteiger partial charge on any atom is -0.475 e. The van der Waals surface area contributed by atoms with Crippen LogP contribution in [-0.4, -0.2) is 52.7 Å². The Morgan fingerprint density at radius 1 is 1.12 bits per heavy atom. The average Bonchev–Trinajstić information content (AvgIpc) is 3.31. The van der Waals surface area contributed by atoms with Crippen molar-refractivity contribution in [2.45, 2.75) is 77.1 Å². The number of hydrogen-bond acceptors (Lipinski definition) is 4. The number of amides is 2. The van der Waals surface area contributed by atoms with Gasteiger partial charge in [0.25, 0.3) is 11.8 Å². The number of nitrogens with one attached hydrogen (secondary N) is 2. The zero-order valence-corrected chi connectivity index (χ0v) is 22.9. The van der Waals surface area contributed by atoms with Gasteiger partial charge >= 0.3 is 12.1 Å². The van der Waals surface area contributed by atoms with Crippen LogP contribution in [0.25, 0.3) is 11.6 Å². The van der Waals surface area contributed by atoms with Crippen LogP contribution < -0.4 is 16.0 Å². The molecule has 0 radical (unpaired) electrons. The molecule has 2 heterocycles. The number of carbonyl (C=O) groups is 3. The Hall–Kier alpha value is -3.67. The lowest BCUT2D eigenvalue weighted by Crippen LogP contribution is -2.40. The van der Waals surface area contributed by atoms with Crippen LogP contribution in [0.15, 0.2) is 18.2 Å². The zero-order valence-electron chi connectivity index (χ0n) is 22.9. The van der Waals surface area contributed by atoms with Gasteiger partial charge in [-0.1, -0.05) is 0 Å². The maximum atomic E-state index is 15.2. The quantitative estimate of drug-likeness (QED) is 0.290. The van der Waals surface area contributed by atoms with Crippen LogP contribution in [0.4, 0.5) is 23.2 Å². The first-order chi connectivity index (χ1) is 19.2. The number of fused-ring (bicyclic) bond motifs is 1. The fourth-order valence-corrected chi connectivity index (χ4v) is 5.35. The summed E-state index contributed by atoms with van der Waals surface area (Å²) < 4.78 is 46.9. The summed E-state index contributed by atoms with van der Waals surface area (Å²) in [6, 6.07) is 5.28. The largest absolute Gasteiger partial charge is 0.490 e. The topological polar surface area (TPSA) is 129 Å². The summed E-state index contributed by atoms with van der Waals surface area (Å²) in [4.78, 5) is 40.4. The summed E-state index contributed by atoms with van der Waals surface area (Å²) in [5.41, 5.74) is 10.6. The molecule has 0 spiro atoms. The Kier molecular flexibility index (Phi) is 8.91. The number of nitrogens with two attached hydrogens (primary N) is 1. The molecule has 2 saturated carbocycles. The molecule has 8 nitrogen and oxygen atoms in total. The number of hydrogen-bond donors (Lipinski definition) is 4. The second kappa shape index (κ2) is 12.1. The van der Waals surface area contributed by atoms with E-state index < -0.39 is 23.9 Å². The summed E-state index contributed by atoms with van der Waals surface area (Å²) in [6.45, 7) is 4.49. The van der Waals surface area contributed by atoms with Crippen molar-refractivity contribution in [3.63, 3.8) is 0 Å². The third-order valence-corrected chi connectivity index (χ3v) is 7.88. The van der Waals surface area contributed by atoms with Crippen molar-refractivity contribution < 1.29 is 37.1 Å². The molecular formula is C29H34F4N4O4. The van der Waals surface area contributed by atoms with Gasteiger partial charge in [0.2, 0.25) is 0 Å². The fourth-order valence-electron chi connectivity index (χ4n) is 5.35. The first kappa shape index (κ1) is 30.3. The molecule has 0 saturated heterocycles. The predicted octanol–water partition coefficient (Wildman–Crippen LogP) is 5.09. The standard InChI is InChI=1S/C27H33FN4O2.C2HF3O2/c1-15-10-16(2)30-24(15)12-21-20-11-23(28)22(26(33)31-19-4-3-5-19)13-25(20)32(27(21)34)14-17-6-8-18(29)9-7-17;3-2(4,5)1(6)7/h10-13,17-19,30H,3-9,14,29H2,1-2H3,(H,31,33);(H,6,7)/b21-12-;. The molecule has 3 aliphatic rings. The molecule has 222 valence electrons. The number of carboxylic acids is 1. The van der Waals surface area contributed by atoms with Crippen molar-refractivity contribution in [3.05, 3.63) is 52.1 Å². The Balaban J connectivity index is 0.000000493. The number of anilines is 1. The van der Waals surface area contributed by atoms with Gasteiger partial charge in [-0.2, -0.15) is 13.2 Å². The van der Waals surface area contributed by atoms with E-state index in [2.05, 4.69) is 10.3 Å². The Morgan fingerprint density at radius 3 is 2.27 bits per heavy atom. The number of carboxylic acid groups (broad SMARTS) is 1. The molecule has 2 aromatic rings. The molecule has 0 bridgehead atoms. The van der Waals surface area contributed by atoms with Crippen LogP contribution >= 0.6 is 0 Å². The molecule has 1 aliphatic heterocycles. The lowest BCUT2D eigenvalue weighted by molar-refractivity contribution is -0.192. The Morgan fingerprint density at radius 2 is 1.76 bits per heavy atom. The monoisotopic (exact) mass is 578 g/mol. The molecule has 12 heteroatoms. The molecular weight excluding hydrogens is 544 g/mol. The lowest BCUT2D eigenvalue weighted by atomic mass is 9.86. The number of aryl methyl sites for hydroxylation is 2. The number of aromatic amines is 1. The van der Waals surface area contributed by atoms with Crippen molar-refractivity contribution in [3.8, 4) is 0 Å². The number of benzene rings is 1. The summed E-state index contributed by atoms with van der Waals surface area (Å²) in [7, 11) is 0. The smallest absolute Gasteiger partial charge is 0.475 e. The van der Waals surface area contributed by atoms with Crippen LogP contribution in [-0.2, 0) is 9.59 Å². The SMILES string of the molecule is Cc1cc(C)c(/C=C2\C(=O)N(CC3CCC(N)CC3)c3cc(C(=O)NC4CCC4)c(F)cc32)[nH]1.O=C(O)C(F)(F)F. The number of H-pyrrole nitrogens is 1. The van der Waals surface area contributed by atoms with Crippen molar-refractivity contribution in [2.75, 3.05) is 11.4 Å². The molecule has 0 unspecified atom stereocenters. The highest BCUT2D eigenvalue weighted by molar-refractivity contribution is 6.36. The minimum atomic E-state index is -5.08. The molecule has 41 heavy (non-hydrogen) atoms. The molecule has 1 aromatic carbocycles. The highest BCUT2D eigenvalue weighted by Crippen LogP contribution is 2.41. The second-order valence-electron chi connectivity index (χ2n) is 11.1. The van der Waals surface area contributed by atoms with Gasteiger partial charge in [-0.25, -0.2) is 9.18 Å². The van der Waals surface area contributed by atoms with E-state index in [1.54, 1.807) is 11.0 Å². The summed E-state index contributed by atoms with van der Waals surface area (Å²) in [5, 5.41) is 10.0. The normalized spacial score (nSPS) is 21.7. The van der Waals surface area contributed by atoms with Gasteiger partial charge in [-0.15, -0.1) is 0 Å². The maximum absolute atomic E-state index is 15.2. The molecule has 2 aliphatic carbocycles. The van der Waals surface area contributed by atoms with Gasteiger partial charge in [-0.05, 0) is 94.5 Å². The first-order valence-electron chi connectivity index (χ1n) is 13.6. The van der Waals surface area contributed by atoms with Crippen molar-refractivity contribution in [1.82, 2.24) is 10.3 Å². The fraction of sp³-hybridized carbons (Fsp3) is 0.483. The Bertz CT molecular complexity index is 1360. The number of aromatic nitrogens is 1. The van der Waals surface area contributed by atoms with Gasteiger partial charge in [0.1, 0.15) is 5.82 Å². The number of aliphatic carboxylic acids is 1. The zero-order chi connectivity index (χ0) is 30.1. The number of alkyl halides is 3. The summed E-state index contributed by atoms with van der Waals surface area (Å²) >= 11 is 0. The van der Waals surface area contributed by atoms with Crippen molar-refractivity contribution in [2.24, 2.45) is 11.7 Å². The highest BCUT2D eigenvalue weighted by Gasteiger charge is 2.38. The second-order valence-corrected chi connectivity index (χ2v) is 11.1. The van der Waals surface area contributed by atoms with Gasteiger partial charge in [0.05, 0.1) is 16.8 Å². The van der Waals surface area contributed by atoms with Crippen LogP contribution in [0.3, 0.4) is 0 Å². The number of carbonyl (C=O) groups excluding carboxylic acids is 2. The lowest BCUT2D eigenvalue weighted by Gasteiger charge is -2.30. The first-order valence-corrected chi connectivity index (χ1v) is 13.6. The molecule has 2 fully saturated rings. The van der Waals surface area contributed by atoms with Crippen molar-refractivity contribution >= 4 is 35.1 Å². The van der Waals surface area contributed by atoms with E-state index in [9.17, 15) is 22.8 Å². The summed E-state index contributed by atoms with van der Waals surface area (Å²) in [6.07, 6.45) is 3.48. The number of nitrogens with zero attached hydrogens (tertiary/aromatic N) is 1. The molecule has 0 atom stereocenters. The van der Waals surface area contributed by atoms with E-state index in [-0.39, 0.29) is 23.6 Å². The average molecular weight is 579 g/mol. The van der Waals surface area contributed by atoms with E-state index in [4.69, 9.17) is 15.6 Å². The van der Waals surface area contributed by atoms with E-state index in [1.807, 2.05) is 26.0 Å². The third-order valence-electron chi connectivity index (χ3n) is 7.88. The highest BCUT2D eigenvalue weighted by atomic mass is 19.4. The van der Waals surface area contributed by atoms with E-state index >= 15 is 4.39 Å². The maximum Gasteiger partial charge on any atom is 0.490 e. The van der Waals surface area contributed by atoms with Crippen molar-refractivity contribution in [1.29, 1.82) is 0 Å².